The number of carbonyl (C=O) groups is 1. The van der Waals surface area contributed by atoms with Gasteiger partial charge in [0.1, 0.15) is 5.82 Å². The Bertz CT molecular complexity index is 714. The number of imidazole rings is 1. The number of aryl methyl sites for hydroxylation is 2. The van der Waals surface area contributed by atoms with Crippen LogP contribution in [0.2, 0.25) is 0 Å². The lowest BCUT2D eigenvalue weighted by atomic mass is 9.97. The van der Waals surface area contributed by atoms with Crippen LogP contribution in [0.1, 0.15) is 44.3 Å². The fraction of sp³-hybridized carbons (Fsp3) is 0.474. The number of carbonyl (C=O) groups excluding carboxylic acids is 1. The van der Waals surface area contributed by atoms with E-state index in [-0.39, 0.29) is 5.91 Å². The summed E-state index contributed by atoms with van der Waals surface area (Å²) < 4.78 is 2.14. The number of hydrogen-bond acceptors (Lipinski definition) is 2. The molecule has 2 aromatic rings. The van der Waals surface area contributed by atoms with Crippen LogP contribution in [0, 0.1) is 0 Å². The molecule has 23 heavy (non-hydrogen) atoms. The largest absolute Gasteiger partial charge is 0.356 e. The molecule has 3 rings (SSSR count). The number of hydrogen-bond donors (Lipinski definition) is 1. The van der Waals surface area contributed by atoms with Crippen molar-refractivity contribution in [2.75, 3.05) is 6.54 Å². The first-order valence-corrected chi connectivity index (χ1v) is 8.59. The van der Waals surface area contributed by atoms with Gasteiger partial charge in [0.05, 0.1) is 11.0 Å². The van der Waals surface area contributed by atoms with E-state index >= 15 is 0 Å². The number of allylic oxidation sites excluding steroid dienone is 1. The summed E-state index contributed by atoms with van der Waals surface area (Å²) in [4.78, 5) is 16.6. The van der Waals surface area contributed by atoms with Gasteiger partial charge < -0.3 is 9.88 Å². The summed E-state index contributed by atoms with van der Waals surface area (Å²) in [6.45, 7) is 0.718. The highest BCUT2D eigenvalue weighted by Crippen LogP contribution is 2.19. The molecule has 0 atom stereocenters. The number of nitrogens with zero attached hydrogens (tertiary/aromatic N) is 2. The molecule has 122 valence electrons. The third-order valence-electron chi connectivity index (χ3n) is 4.55. The molecule has 4 heteroatoms. The van der Waals surface area contributed by atoms with Gasteiger partial charge in [-0.25, -0.2) is 4.98 Å². The molecule has 1 aliphatic rings. The van der Waals surface area contributed by atoms with E-state index in [0.29, 0.717) is 6.42 Å². The maximum absolute atomic E-state index is 12.0. The molecule has 0 fully saturated rings. The third-order valence-corrected chi connectivity index (χ3v) is 4.55. The lowest BCUT2D eigenvalue weighted by molar-refractivity contribution is -0.120. The third kappa shape index (κ3) is 4.01. The second-order valence-corrected chi connectivity index (χ2v) is 6.31. The first kappa shape index (κ1) is 15.8. The number of benzene rings is 1. The summed E-state index contributed by atoms with van der Waals surface area (Å²) in [5, 5.41) is 3.04. The van der Waals surface area contributed by atoms with Crippen LogP contribution in [0.25, 0.3) is 11.0 Å². The van der Waals surface area contributed by atoms with Crippen LogP contribution in [0.3, 0.4) is 0 Å². The summed E-state index contributed by atoms with van der Waals surface area (Å²) in [6, 6.07) is 8.18. The van der Waals surface area contributed by atoms with Gasteiger partial charge in [0.15, 0.2) is 0 Å². The molecule has 1 N–H and O–H groups in total. The van der Waals surface area contributed by atoms with Gasteiger partial charge in [0.25, 0.3) is 0 Å². The van der Waals surface area contributed by atoms with Gasteiger partial charge in [-0.15, -0.1) is 0 Å². The molecule has 1 heterocycles. The van der Waals surface area contributed by atoms with E-state index in [1.807, 2.05) is 18.2 Å². The van der Waals surface area contributed by atoms with Crippen LogP contribution in [-0.4, -0.2) is 22.0 Å². The maximum Gasteiger partial charge on any atom is 0.224 e. The van der Waals surface area contributed by atoms with Gasteiger partial charge in [-0.1, -0.05) is 23.8 Å². The quantitative estimate of drug-likeness (QED) is 0.655. The van der Waals surface area contributed by atoms with Crippen molar-refractivity contribution in [1.29, 1.82) is 0 Å². The summed E-state index contributed by atoms with van der Waals surface area (Å²) in [5.41, 5.74) is 3.51. The van der Waals surface area contributed by atoms with E-state index < -0.39 is 0 Å². The van der Waals surface area contributed by atoms with E-state index in [1.54, 1.807) is 0 Å². The number of aromatic nitrogens is 2. The maximum atomic E-state index is 12.0. The van der Waals surface area contributed by atoms with Crippen molar-refractivity contribution in [1.82, 2.24) is 14.9 Å². The van der Waals surface area contributed by atoms with E-state index in [4.69, 9.17) is 0 Å². The molecule has 1 aromatic heterocycles. The fourth-order valence-corrected chi connectivity index (χ4v) is 3.23. The average molecular weight is 311 g/mol. The highest BCUT2D eigenvalue weighted by molar-refractivity contribution is 5.78. The van der Waals surface area contributed by atoms with Crippen LogP contribution in [-0.2, 0) is 18.3 Å². The van der Waals surface area contributed by atoms with Crippen molar-refractivity contribution in [2.45, 2.75) is 44.9 Å². The summed E-state index contributed by atoms with van der Waals surface area (Å²) in [7, 11) is 2.05. The zero-order valence-electron chi connectivity index (χ0n) is 13.8. The number of rotatable bonds is 6. The molecule has 0 bridgehead atoms. The Kier molecular flexibility index (Phi) is 5.11. The molecule has 0 spiro atoms. The molecule has 1 aromatic carbocycles. The highest BCUT2D eigenvalue weighted by Gasteiger charge is 2.09. The normalized spacial score (nSPS) is 14.7. The molecule has 0 aliphatic heterocycles. The zero-order chi connectivity index (χ0) is 16.1. The smallest absolute Gasteiger partial charge is 0.224 e. The molecule has 1 amide bonds. The minimum absolute atomic E-state index is 0.156. The molecule has 0 unspecified atom stereocenters. The van der Waals surface area contributed by atoms with Crippen LogP contribution in [0.4, 0.5) is 0 Å². The molecule has 1 aliphatic carbocycles. The number of amides is 1. The lowest BCUT2D eigenvalue weighted by Gasteiger charge is -2.12. The number of nitrogens with one attached hydrogen (secondary N) is 1. The van der Waals surface area contributed by atoms with E-state index in [2.05, 4.69) is 34.1 Å². The van der Waals surface area contributed by atoms with E-state index in [0.717, 1.165) is 49.1 Å². The van der Waals surface area contributed by atoms with Crippen molar-refractivity contribution in [3.05, 3.63) is 41.7 Å². The van der Waals surface area contributed by atoms with Crippen LogP contribution >= 0.6 is 0 Å². The standard InChI is InChI=1S/C19H25N3O/c1-22-17-11-6-5-10-16(17)21-18(22)12-7-13-20-19(23)14-15-8-3-2-4-9-15/h5-6,8,10-11H,2-4,7,9,12-14H2,1H3,(H,20,23). The molecule has 0 saturated carbocycles. The van der Waals surface area contributed by atoms with Crippen molar-refractivity contribution < 1.29 is 4.79 Å². The summed E-state index contributed by atoms with van der Waals surface area (Å²) in [5.74, 6) is 1.23. The van der Waals surface area contributed by atoms with E-state index in [1.165, 1.54) is 18.4 Å². The Morgan fingerprint density at radius 2 is 2.17 bits per heavy atom. The van der Waals surface area contributed by atoms with Gasteiger partial charge in [-0.3, -0.25) is 4.79 Å². The van der Waals surface area contributed by atoms with Gasteiger partial charge in [0.2, 0.25) is 5.91 Å². The highest BCUT2D eigenvalue weighted by atomic mass is 16.1. The Labute approximate surface area is 137 Å². The summed E-state index contributed by atoms with van der Waals surface area (Å²) >= 11 is 0. The average Bonchev–Trinajstić information content (AvgIpc) is 2.89. The Morgan fingerprint density at radius 1 is 1.30 bits per heavy atom. The first-order valence-electron chi connectivity index (χ1n) is 8.59. The second kappa shape index (κ2) is 7.44. The second-order valence-electron chi connectivity index (χ2n) is 6.31. The van der Waals surface area contributed by atoms with Crippen molar-refractivity contribution in [3.8, 4) is 0 Å². The van der Waals surface area contributed by atoms with Crippen molar-refractivity contribution in [2.24, 2.45) is 7.05 Å². The lowest BCUT2D eigenvalue weighted by Crippen LogP contribution is -2.25. The van der Waals surface area contributed by atoms with Gasteiger partial charge >= 0.3 is 0 Å². The van der Waals surface area contributed by atoms with Gasteiger partial charge in [0, 0.05) is 26.4 Å². The topological polar surface area (TPSA) is 46.9 Å². The molecule has 0 saturated heterocycles. The predicted molar refractivity (Wildman–Crippen MR) is 93.2 cm³/mol. The molecular weight excluding hydrogens is 286 g/mol. The van der Waals surface area contributed by atoms with Crippen molar-refractivity contribution >= 4 is 16.9 Å². The minimum atomic E-state index is 0.156. The predicted octanol–water partition coefficient (Wildman–Crippen LogP) is 3.51. The van der Waals surface area contributed by atoms with Crippen molar-refractivity contribution in [3.63, 3.8) is 0 Å². The number of fused-ring (bicyclic) bond motifs is 1. The van der Waals surface area contributed by atoms with Crippen LogP contribution in [0.5, 0.6) is 0 Å². The monoisotopic (exact) mass is 311 g/mol. The van der Waals surface area contributed by atoms with Crippen LogP contribution in [0.15, 0.2) is 35.9 Å². The van der Waals surface area contributed by atoms with Gasteiger partial charge in [-0.2, -0.15) is 0 Å². The zero-order valence-corrected chi connectivity index (χ0v) is 13.8. The van der Waals surface area contributed by atoms with E-state index in [9.17, 15) is 4.79 Å². The number of para-hydroxylation sites is 2. The Balaban J connectivity index is 1.44. The van der Waals surface area contributed by atoms with Gasteiger partial charge in [-0.05, 0) is 44.2 Å². The summed E-state index contributed by atoms with van der Waals surface area (Å²) in [6.07, 6.45) is 9.34. The first-order chi connectivity index (χ1) is 11.2. The minimum Gasteiger partial charge on any atom is -0.356 e. The Hall–Kier alpha value is -2.10. The Morgan fingerprint density at radius 3 is 2.96 bits per heavy atom. The SMILES string of the molecule is Cn1c(CCCNC(=O)CC2=CCCCC2)nc2ccccc21. The molecule has 0 radical (unpaired) electrons. The van der Waals surface area contributed by atoms with Crippen LogP contribution < -0.4 is 5.32 Å². The molecule has 4 nitrogen and oxygen atoms in total. The molecular formula is C19H25N3O. The fourth-order valence-electron chi connectivity index (χ4n) is 3.23.